The topological polar surface area (TPSA) is 120 Å². The smallest absolute Gasteiger partial charge is 0.304 e. The van der Waals surface area contributed by atoms with Crippen molar-refractivity contribution >= 4 is 17.3 Å². The molecule has 192 valence electrons. The largest absolute Gasteiger partial charge is 0.481 e. The van der Waals surface area contributed by atoms with E-state index in [0.29, 0.717) is 23.8 Å². The predicted molar refractivity (Wildman–Crippen MR) is 142 cm³/mol. The Labute approximate surface area is 212 Å². The summed E-state index contributed by atoms with van der Waals surface area (Å²) in [6.07, 6.45) is 6.95. The van der Waals surface area contributed by atoms with E-state index < -0.39 is 5.97 Å². The van der Waals surface area contributed by atoms with Gasteiger partial charge in [-0.1, -0.05) is 24.3 Å². The van der Waals surface area contributed by atoms with Crippen LogP contribution in [0.5, 0.6) is 0 Å². The number of carbonyl (C=O) groups is 1. The van der Waals surface area contributed by atoms with Gasteiger partial charge in [-0.15, -0.1) is 0 Å². The number of aryl methyl sites for hydroxylation is 1. The number of hydrogen-bond acceptors (Lipinski definition) is 6. The Morgan fingerprint density at radius 1 is 1.25 bits per heavy atom. The molecule has 4 rings (SSSR count). The molecule has 0 saturated carbocycles. The molecule has 1 fully saturated rings. The third kappa shape index (κ3) is 5.71. The molecule has 2 heterocycles. The Bertz CT molecular complexity index is 1210. The summed E-state index contributed by atoms with van der Waals surface area (Å²) in [7, 11) is 1.73. The molecule has 0 bridgehead atoms. The van der Waals surface area contributed by atoms with E-state index in [4.69, 9.17) is 16.3 Å². The van der Waals surface area contributed by atoms with Crippen LogP contribution >= 0.6 is 0 Å². The second-order valence-electron chi connectivity index (χ2n) is 9.89. The van der Waals surface area contributed by atoms with Crippen LogP contribution in [0.2, 0.25) is 0 Å². The number of nitrogens with zero attached hydrogens (tertiary/aromatic N) is 3. The monoisotopic (exact) mass is 491 g/mol. The van der Waals surface area contributed by atoms with Gasteiger partial charge in [0.1, 0.15) is 5.82 Å². The average Bonchev–Trinajstić information content (AvgIpc) is 3.27. The number of carboxylic acid groups (broad SMARTS) is 1. The summed E-state index contributed by atoms with van der Waals surface area (Å²) in [5.74, 6) is 6.41. The van der Waals surface area contributed by atoms with Gasteiger partial charge in [-0.3, -0.25) is 4.79 Å². The van der Waals surface area contributed by atoms with Crippen LogP contribution in [0.1, 0.15) is 58.8 Å². The minimum absolute atomic E-state index is 0.0271. The van der Waals surface area contributed by atoms with Crippen molar-refractivity contribution in [2.75, 3.05) is 31.0 Å². The van der Waals surface area contributed by atoms with Crippen LogP contribution in [-0.4, -0.2) is 40.9 Å². The van der Waals surface area contributed by atoms with Gasteiger partial charge in [0.2, 0.25) is 0 Å². The molecule has 0 spiro atoms. The lowest BCUT2D eigenvalue weighted by molar-refractivity contribution is -0.137. The highest BCUT2D eigenvalue weighted by Crippen LogP contribution is 2.37. The number of nitrogens with two attached hydrogens (primary N) is 2. The molecule has 8 nitrogen and oxygen atoms in total. The number of aliphatic carboxylic acids is 1. The number of anilines is 2. The minimum atomic E-state index is -0.853. The van der Waals surface area contributed by atoms with Crippen LogP contribution in [0.15, 0.2) is 42.7 Å². The van der Waals surface area contributed by atoms with Crippen molar-refractivity contribution in [3.05, 3.63) is 76.4 Å². The molecule has 1 aromatic heterocycles. The first-order valence-corrected chi connectivity index (χ1v) is 12.5. The Hall–Kier alpha value is -3.36. The number of carboxylic acids is 1. The molecule has 5 N–H and O–H groups in total. The van der Waals surface area contributed by atoms with Crippen molar-refractivity contribution in [3.8, 4) is 0 Å². The first-order chi connectivity index (χ1) is 17.2. The highest BCUT2D eigenvalue weighted by molar-refractivity contribution is 5.74. The van der Waals surface area contributed by atoms with Crippen molar-refractivity contribution in [3.63, 3.8) is 0 Å². The van der Waals surface area contributed by atoms with Gasteiger partial charge >= 0.3 is 5.97 Å². The number of imidazole rings is 1. The first kappa shape index (κ1) is 25.7. The zero-order valence-corrected chi connectivity index (χ0v) is 21.4. The van der Waals surface area contributed by atoms with Gasteiger partial charge in [0.05, 0.1) is 17.8 Å². The number of hydrogen-bond donors (Lipinski definition) is 3. The van der Waals surface area contributed by atoms with E-state index in [1.165, 1.54) is 5.01 Å². The van der Waals surface area contributed by atoms with Gasteiger partial charge < -0.3 is 25.2 Å². The van der Waals surface area contributed by atoms with Crippen LogP contribution in [0.25, 0.3) is 0 Å². The molecule has 1 unspecified atom stereocenters. The Morgan fingerprint density at radius 2 is 2.00 bits per heavy atom. The maximum Gasteiger partial charge on any atom is 0.304 e. The fourth-order valence-electron chi connectivity index (χ4n) is 5.14. The zero-order chi connectivity index (χ0) is 25.8. The van der Waals surface area contributed by atoms with Crippen LogP contribution in [0.3, 0.4) is 0 Å². The van der Waals surface area contributed by atoms with E-state index in [9.17, 15) is 9.90 Å². The highest BCUT2D eigenvalue weighted by atomic mass is 16.5. The average molecular weight is 492 g/mol. The van der Waals surface area contributed by atoms with E-state index >= 15 is 0 Å². The summed E-state index contributed by atoms with van der Waals surface area (Å²) >= 11 is 0. The Kier molecular flexibility index (Phi) is 7.96. The van der Waals surface area contributed by atoms with E-state index in [2.05, 4.69) is 28.6 Å². The van der Waals surface area contributed by atoms with E-state index in [0.717, 1.165) is 66.1 Å². The molecule has 1 aliphatic rings. The van der Waals surface area contributed by atoms with E-state index in [1.54, 1.807) is 7.05 Å². The third-order valence-electron chi connectivity index (χ3n) is 7.40. The lowest BCUT2D eigenvalue weighted by Gasteiger charge is -2.24. The fourth-order valence-corrected chi connectivity index (χ4v) is 5.14. The second kappa shape index (κ2) is 11.1. The first-order valence-electron chi connectivity index (χ1n) is 12.5. The zero-order valence-electron chi connectivity index (χ0n) is 21.4. The van der Waals surface area contributed by atoms with Crippen molar-refractivity contribution in [1.29, 1.82) is 0 Å². The Balaban J connectivity index is 1.65. The summed E-state index contributed by atoms with van der Waals surface area (Å²) in [6.45, 7) is 6.36. The standard InChI is InChI=1S/C28H37N5O3/c1-18-4-5-21(24(16-27(34)35)23-6-7-25(32(3)30)28(29)19(23)2)15-22(18)17-33-11-10-31-26(33)14-20-8-12-36-13-9-20/h4-7,10-11,15,20,24H,8-9,12-14,16-17,29-30H2,1-3H3,(H,34,35). The van der Waals surface area contributed by atoms with Crippen LogP contribution < -0.4 is 16.6 Å². The van der Waals surface area contributed by atoms with Gasteiger partial charge in [-0.05, 0) is 66.5 Å². The number of aromatic nitrogens is 2. The fraction of sp³-hybridized carbons (Fsp3) is 0.429. The van der Waals surface area contributed by atoms with Crippen LogP contribution in [-0.2, 0) is 22.5 Å². The molecule has 3 aromatic rings. The third-order valence-corrected chi connectivity index (χ3v) is 7.40. The number of nitrogen functional groups attached to an aromatic ring is 1. The normalized spacial score (nSPS) is 15.1. The maximum atomic E-state index is 11.9. The number of hydrazine groups is 1. The van der Waals surface area contributed by atoms with Gasteiger partial charge in [0, 0.05) is 51.5 Å². The molecular formula is C28H37N5O3. The maximum absolute atomic E-state index is 11.9. The molecule has 0 radical (unpaired) electrons. The van der Waals surface area contributed by atoms with Gasteiger partial charge in [0.15, 0.2) is 0 Å². The quantitative estimate of drug-likeness (QED) is 0.235. The summed E-state index contributed by atoms with van der Waals surface area (Å²) in [5, 5.41) is 11.2. The molecule has 1 atom stereocenters. The molecule has 0 aliphatic carbocycles. The van der Waals surface area contributed by atoms with Gasteiger partial charge in [0.25, 0.3) is 0 Å². The lowest BCUT2D eigenvalue weighted by atomic mass is 9.84. The number of benzene rings is 2. The van der Waals surface area contributed by atoms with E-state index in [-0.39, 0.29) is 12.3 Å². The van der Waals surface area contributed by atoms with Crippen molar-refractivity contribution in [1.82, 2.24) is 9.55 Å². The summed E-state index contributed by atoms with van der Waals surface area (Å²) in [6, 6.07) is 10.0. The molecule has 36 heavy (non-hydrogen) atoms. The van der Waals surface area contributed by atoms with Crippen molar-refractivity contribution < 1.29 is 14.6 Å². The minimum Gasteiger partial charge on any atom is -0.481 e. The van der Waals surface area contributed by atoms with Gasteiger partial charge in [-0.25, -0.2) is 10.8 Å². The van der Waals surface area contributed by atoms with Gasteiger partial charge in [-0.2, -0.15) is 0 Å². The van der Waals surface area contributed by atoms with Crippen molar-refractivity contribution in [2.24, 2.45) is 11.8 Å². The summed E-state index contributed by atoms with van der Waals surface area (Å²) in [5.41, 5.74) is 12.7. The molecule has 8 heteroatoms. The van der Waals surface area contributed by atoms with Crippen LogP contribution in [0.4, 0.5) is 11.4 Å². The summed E-state index contributed by atoms with van der Waals surface area (Å²) in [4.78, 5) is 16.5. The SMILES string of the molecule is Cc1ccc(C(CC(=O)O)c2ccc(N(C)N)c(N)c2C)cc1Cn1ccnc1CC1CCOCC1. The Morgan fingerprint density at radius 3 is 2.69 bits per heavy atom. The van der Waals surface area contributed by atoms with Crippen molar-refractivity contribution in [2.45, 2.75) is 52.0 Å². The van der Waals surface area contributed by atoms with Crippen LogP contribution in [0, 0.1) is 19.8 Å². The molecule has 0 amide bonds. The lowest BCUT2D eigenvalue weighted by Crippen LogP contribution is -2.26. The summed E-state index contributed by atoms with van der Waals surface area (Å²) < 4.78 is 7.72. The molecule has 1 saturated heterocycles. The second-order valence-corrected chi connectivity index (χ2v) is 9.89. The molecule has 2 aromatic carbocycles. The predicted octanol–water partition coefficient (Wildman–Crippen LogP) is 4.02. The van der Waals surface area contributed by atoms with E-state index in [1.807, 2.05) is 37.5 Å². The highest BCUT2D eigenvalue weighted by Gasteiger charge is 2.23. The number of ether oxygens (including phenoxy) is 1. The molecule has 1 aliphatic heterocycles. The molecular weight excluding hydrogens is 454 g/mol. The number of rotatable bonds is 9.